The molecule has 0 bridgehead atoms. The number of nitrogens with one attached hydrogen (secondary N) is 1. The summed E-state index contributed by atoms with van der Waals surface area (Å²) in [6.45, 7) is 1.73. The van der Waals surface area contributed by atoms with Crippen molar-refractivity contribution >= 4 is 23.0 Å². The molecule has 1 N–H and O–H groups in total. The summed E-state index contributed by atoms with van der Waals surface area (Å²) >= 11 is 1.37. The minimum absolute atomic E-state index is 0.0230. The Morgan fingerprint density at radius 3 is 2.90 bits per heavy atom. The van der Waals surface area contributed by atoms with E-state index in [9.17, 15) is 14.0 Å². The van der Waals surface area contributed by atoms with Gasteiger partial charge >= 0.3 is 0 Å². The third kappa shape index (κ3) is 3.71. The van der Waals surface area contributed by atoms with E-state index >= 15 is 0 Å². The van der Waals surface area contributed by atoms with Crippen molar-refractivity contribution in [3.05, 3.63) is 52.2 Å². The summed E-state index contributed by atoms with van der Waals surface area (Å²) in [7, 11) is 0. The lowest BCUT2D eigenvalue weighted by molar-refractivity contribution is 0.0918. The number of hydrogen-bond acceptors (Lipinski definition) is 4. The number of rotatable bonds is 5. The molecule has 2 aromatic heterocycles. The number of thiophene rings is 1. The molecule has 104 valence electrons. The summed E-state index contributed by atoms with van der Waals surface area (Å²) in [5.74, 6) is -1.03. The van der Waals surface area contributed by atoms with Crippen molar-refractivity contribution in [2.45, 2.75) is 19.4 Å². The normalized spacial score (nSPS) is 11.9. The van der Waals surface area contributed by atoms with Crippen molar-refractivity contribution < 1.29 is 14.0 Å². The number of nitrogens with zero attached hydrogens (tertiary/aromatic N) is 1. The van der Waals surface area contributed by atoms with Gasteiger partial charge in [0.05, 0.1) is 16.6 Å². The Balaban J connectivity index is 1.93. The van der Waals surface area contributed by atoms with Crippen LogP contribution in [0.5, 0.6) is 0 Å². The number of amides is 1. The second-order valence-corrected chi connectivity index (χ2v) is 5.32. The van der Waals surface area contributed by atoms with E-state index in [1.807, 2.05) is 5.38 Å². The van der Waals surface area contributed by atoms with E-state index in [0.717, 1.165) is 12.3 Å². The van der Waals surface area contributed by atoms with Gasteiger partial charge in [-0.15, -0.1) is 11.3 Å². The third-order valence-electron chi connectivity index (χ3n) is 2.63. The zero-order chi connectivity index (χ0) is 14.5. The van der Waals surface area contributed by atoms with E-state index in [1.54, 1.807) is 19.1 Å². The van der Waals surface area contributed by atoms with Crippen LogP contribution in [0.4, 0.5) is 4.39 Å². The van der Waals surface area contributed by atoms with Gasteiger partial charge in [-0.25, -0.2) is 4.39 Å². The highest BCUT2D eigenvalue weighted by molar-refractivity contribution is 7.12. The number of Topliss-reactive ketones (excluding diaryl/α,β-unsaturated/α-hetero) is 1. The van der Waals surface area contributed by atoms with Gasteiger partial charge in [0.15, 0.2) is 5.78 Å². The van der Waals surface area contributed by atoms with Crippen LogP contribution in [0.15, 0.2) is 36.0 Å². The minimum atomic E-state index is -0.569. The lowest BCUT2D eigenvalue weighted by Gasteiger charge is -2.12. The molecule has 2 heterocycles. The van der Waals surface area contributed by atoms with Gasteiger partial charge in [-0.1, -0.05) is 6.07 Å². The number of carbonyl (C=O) groups excluding carboxylic acids is 2. The Kier molecular flexibility index (Phi) is 4.57. The van der Waals surface area contributed by atoms with Gasteiger partial charge in [0.25, 0.3) is 5.91 Å². The number of carbonyl (C=O) groups is 2. The van der Waals surface area contributed by atoms with E-state index in [2.05, 4.69) is 10.3 Å². The molecule has 0 unspecified atom stereocenters. The Morgan fingerprint density at radius 1 is 1.45 bits per heavy atom. The second kappa shape index (κ2) is 6.38. The third-order valence-corrected chi connectivity index (χ3v) is 3.54. The molecule has 0 aliphatic carbocycles. The zero-order valence-corrected chi connectivity index (χ0v) is 11.6. The molecule has 2 rings (SSSR count). The molecule has 2 aromatic rings. The Bertz CT molecular complexity index is 613. The lowest BCUT2D eigenvalue weighted by Crippen LogP contribution is -2.34. The number of ketones is 1. The number of aromatic nitrogens is 1. The van der Waals surface area contributed by atoms with Crippen LogP contribution in [0.25, 0.3) is 0 Å². The van der Waals surface area contributed by atoms with Crippen LogP contribution in [0.2, 0.25) is 0 Å². The first-order chi connectivity index (χ1) is 9.56. The molecule has 0 aliphatic rings. The molecule has 0 saturated heterocycles. The van der Waals surface area contributed by atoms with Crippen molar-refractivity contribution in [1.29, 1.82) is 0 Å². The van der Waals surface area contributed by atoms with Crippen molar-refractivity contribution in [2.24, 2.45) is 0 Å². The van der Waals surface area contributed by atoms with Crippen molar-refractivity contribution in [1.82, 2.24) is 10.3 Å². The van der Waals surface area contributed by atoms with Gasteiger partial charge in [0.2, 0.25) is 0 Å². The van der Waals surface area contributed by atoms with Gasteiger partial charge in [-0.2, -0.15) is 0 Å². The summed E-state index contributed by atoms with van der Waals surface area (Å²) in [5.41, 5.74) is 0.139. The number of halogens is 1. The maximum Gasteiger partial charge on any atom is 0.253 e. The Labute approximate surface area is 119 Å². The number of pyridine rings is 1. The molecule has 0 radical (unpaired) electrons. The van der Waals surface area contributed by atoms with Crippen molar-refractivity contribution in [3.8, 4) is 0 Å². The van der Waals surface area contributed by atoms with Crippen LogP contribution in [0, 0.1) is 5.82 Å². The van der Waals surface area contributed by atoms with Gasteiger partial charge in [0, 0.05) is 18.7 Å². The van der Waals surface area contributed by atoms with E-state index in [1.165, 1.54) is 17.5 Å². The first-order valence-corrected chi connectivity index (χ1v) is 6.92. The summed E-state index contributed by atoms with van der Waals surface area (Å²) in [6.07, 6.45) is 2.52. The van der Waals surface area contributed by atoms with Crippen molar-refractivity contribution in [2.75, 3.05) is 0 Å². The highest BCUT2D eigenvalue weighted by Crippen LogP contribution is 2.12. The molecule has 0 aliphatic heterocycles. The summed E-state index contributed by atoms with van der Waals surface area (Å²) < 4.78 is 13.0. The van der Waals surface area contributed by atoms with Crippen molar-refractivity contribution in [3.63, 3.8) is 0 Å². The molecule has 4 nitrogen and oxygen atoms in total. The summed E-state index contributed by atoms with van der Waals surface area (Å²) in [6, 6.07) is 4.33. The molecule has 0 aromatic carbocycles. The van der Waals surface area contributed by atoms with Crippen LogP contribution in [0.3, 0.4) is 0 Å². The summed E-state index contributed by atoms with van der Waals surface area (Å²) in [4.78, 5) is 28.0. The molecule has 20 heavy (non-hydrogen) atoms. The largest absolute Gasteiger partial charge is 0.349 e. The molecule has 0 spiro atoms. The van der Waals surface area contributed by atoms with Crippen LogP contribution < -0.4 is 5.32 Å². The minimum Gasteiger partial charge on any atom is -0.349 e. The average molecular weight is 292 g/mol. The number of hydrogen-bond donors (Lipinski definition) is 1. The van der Waals surface area contributed by atoms with E-state index in [-0.39, 0.29) is 23.8 Å². The van der Waals surface area contributed by atoms with Crippen LogP contribution in [-0.4, -0.2) is 22.7 Å². The first kappa shape index (κ1) is 14.3. The predicted octanol–water partition coefficient (Wildman–Crippen LogP) is 2.67. The SMILES string of the molecule is C[C@H](CC(=O)c1cccs1)NC(=O)c1cncc(F)c1. The van der Waals surface area contributed by atoms with E-state index < -0.39 is 11.7 Å². The highest BCUT2D eigenvalue weighted by atomic mass is 32.1. The van der Waals surface area contributed by atoms with Crippen LogP contribution in [0.1, 0.15) is 33.4 Å². The fraction of sp³-hybridized carbons (Fsp3) is 0.214. The smallest absolute Gasteiger partial charge is 0.253 e. The molecule has 1 atom stereocenters. The molecule has 0 saturated carbocycles. The molecular formula is C14H13FN2O2S. The van der Waals surface area contributed by atoms with Gasteiger partial charge in [-0.3, -0.25) is 14.6 Å². The van der Waals surface area contributed by atoms with Crippen LogP contribution >= 0.6 is 11.3 Å². The Morgan fingerprint density at radius 2 is 2.25 bits per heavy atom. The van der Waals surface area contributed by atoms with E-state index in [4.69, 9.17) is 0 Å². The molecular weight excluding hydrogens is 279 g/mol. The molecule has 1 amide bonds. The summed E-state index contributed by atoms with van der Waals surface area (Å²) in [5, 5.41) is 4.48. The highest BCUT2D eigenvalue weighted by Gasteiger charge is 2.15. The van der Waals surface area contributed by atoms with E-state index in [0.29, 0.717) is 4.88 Å². The standard InChI is InChI=1S/C14H13FN2O2S/c1-9(5-12(18)13-3-2-4-20-13)17-14(19)10-6-11(15)8-16-7-10/h2-4,6-9H,5H2,1H3,(H,17,19)/t9-/m1/s1. The lowest BCUT2D eigenvalue weighted by atomic mass is 10.1. The van der Waals surface area contributed by atoms with Crippen LogP contribution in [-0.2, 0) is 0 Å². The van der Waals surface area contributed by atoms with Gasteiger partial charge in [-0.05, 0) is 24.4 Å². The maximum absolute atomic E-state index is 13.0. The monoisotopic (exact) mass is 292 g/mol. The predicted molar refractivity (Wildman–Crippen MR) is 74.4 cm³/mol. The Hall–Kier alpha value is -2.08. The molecule has 0 fully saturated rings. The van der Waals surface area contributed by atoms with Gasteiger partial charge in [0.1, 0.15) is 5.82 Å². The quantitative estimate of drug-likeness (QED) is 0.862. The first-order valence-electron chi connectivity index (χ1n) is 6.04. The maximum atomic E-state index is 13.0. The second-order valence-electron chi connectivity index (χ2n) is 4.37. The fourth-order valence-electron chi connectivity index (χ4n) is 1.71. The fourth-order valence-corrected chi connectivity index (χ4v) is 2.39. The molecule has 6 heteroatoms. The van der Waals surface area contributed by atoms with Gasteiger partial charge < -0.3 is 5.32 Å². The average Bonchev–Trinajstić information content (AvgIpc) is 2.92. The topological polar surface area (TPSA) is 59.1 Å². The zero-order valence-electron chi connectivity index (χ0n) is 10.8.